The second kappa shape index (κ2) is 5.86. The number of alkyl carbamates (subject to hydrolysis) is 1. The van der Waals surface area contributed by atoms with Crippen LogP contribution in [0, 0.1) is 5.41 Å². The van der Waals surface area contributed by atoms with Gasteiger partial charge >= 0.3 is 6.09 Å². The number of carbonyl (C=O) groups excluding carboxylic acids is 3. The van der Waals surface area contributed by atoms with Crippen LogP contribution in [0.3, 0.4) is 0 Å². The maximum Gasteiger partial charge on any atom is 0.407 e. The van der Waals surface area contributed by atoms with Gasteiger partial charge in [-0.15, -0.1) is 0 Å². The standard InChI is InChI=1S/C17H25NO4/c1-11-13(19)9-17(10-14(11)20)7-5-12(6-8-17)18-15(21)22-16(2,3)4/h12H,1,5-10H2,2-4H3,(H,18,21). The summed E-state index contributed by atoms with van der Waals surface area (Å²) >= 11 is 0. The van der Waals surface area contributed by atoms with Crippen LogP contribution in [0.25, 0.3) is 0 Å². The number of rotatable bonds is 1. The van der Waals surface area contributed by atoms with Crippen LogP contribution < -0.4 is 5.32 Å². The topological polar surface area (TPSA) is 72.5 Å². The summed E-state index contributed by atoms with van der Waals surface area (Å²) in [7, 11) is 0. The first kappa shape index (κ1) is 16.7. The molecular weight excluding hydrogens is 282 g/mol. The summed E-state index contributed by atoms with van der Waals surface area (Å²) in [6.45, 7) is 9.05. The van der Waals surface area contributed by atoms with Gasteiger partial charge in [0.1, 0.15) is 5.60 Å². The van der Waals surface area contributed by atoms with E-state index in [1.807, 2.05) is 20.8 Å². The Hall–Kier alpha value is -1.65. The first-order valence-corrected chi connectivity index (χ1v) is 7.85. The molecule has 0 radical (unpaired) electrons. The Balaban J connectivity index is 1.88. The van der Waals surface area contributed by atoms with Gasteiger partial charge in [-0.05, 0) is 51.9 Å². The van der Waals surface area contributed by atoms with E-state index in [0.717, 1.165) is 25.7 Å². The van der Waals surface area contributed by atoms with Crippen LogP contribution >= 0.6 is 0 Å². The van der Waals surface area contributed by atoms with E-state index in [1.54, 1.807) is 0 Å². The van der Waals surface area contributed by atoms with Crippen molar-refractivity contribution in [1.29, 1.82) is 0 Å². The molecule has 2 fully saturated rings. The molecule has 0 aromatic rings. The molecule has 0 aromatic carbocycles. The van der Waals surface area contributed by atoms with Crippen molar-refractivity contribution in [2.75, 3.05) is 0 Å². The van der Waals surface area contributed by atoms with Crippen molar-refractivity contribution in [3.8, 4) is 0 Å². The van der Waals surface area contributed by atoms with Crippen LogP contribution in [0.1, 0.15) is 59.3 Å². The van der Waals surface area contributed by atoms with Crippen LogP contribution in [0.2, 0.25) is 0 Å². The summed E-state index contributed by atoms with van der Waals surface area (Å²) in [6.07, 6.45) is 3.51. The van der Waals surface area contributed by atoms with Crippen molar-refractivity contribution in [2.24, 2.45) is 5.41 Å². The third kappa shape index (κ3) is 3.96. The fraction of sp³-hybridized carbons (Fsp3) is 0.706. The Morgan fingerprint density at radius 1 is 1.18 bits per heavy atom. The summed E-state index contributed by atoms with van der Waals surface area (Å²) < 4.78 is 5.26. The largest absolute Gasteiger partial charge is 0.444 e. The second-order valence-electron chi connectivity index (χ2n) is 7.60. The Bertz CT molecular complexity index is 485. The molecule has 0 saturated heterocycles. The van der Waals surface area contributed by atoms with E-state index in [1.165, 1.54) is 0 Å². The van der Waals surface area contributed by atoms with Crippen LogP contribution in [-0.4, -0.2) is 29.3 Å². The van der Waals surface area contributed by atoms with Crippen molar-refractivity contribution in [1.82, 2.24) is 5.32 Å². The third-order valence-electron chi connectivity index (χ3n) is 4.51. The van der Waals surface area contributed by atoms with E-state index >= 15 is 0 Å². The molecule has 2 aliphatic carbocycles. The highest BCUT2D eigenvalue weighted by Gasteiger charge is 2.43. The fourth-order valence-corrected chi connectivity index (χ4v) is 3.31. The predicted molar refractivity (Wildman–Crippen MR) is 82.4 cm³/mol. The first-order valence-electron chi connectivity index (χ1n) is 7.85. The lowest BCUT2D eigenvalue weighted by atomic mass is 9.63. The van der Waals surface area contributed by atoms with Gasteiger partial charge in [-0.2, -0.15) is 0 Å². The molecule has 0 unspecified atom stereocenters. The molecule has 0 aliphatic heterocycles. The number of hydrogen-bond acceptors (Lipinski definition) is 4. The Morgan fingerprint density at radius 3 is 2.14 bits per heavy atom. The van der Waals surface area contributed by atoms with Gasteiger partial charge in [-0.1, -0.05) is 6.58 Å². The third-order valence-corrected chi connectivity index (χ3v) is 4.51. The van der Waals surface area contributed by atoms with Crippen molar-refractivity contribution < 1.29 is 19.1 Å². The fourth-order valence-electron chi connectivity index (χ4n) is 3.31. The molecule has 0 atom stereocenters. The van der Waals surface area contributed by atoms with Gasteiger partial charge in [0.15, 0.2) is 11.6 Å². The summed E-state index contributed by atoms with van der Waals surface area (Å²) in [6, 6.07) is 0.0517. The Kier molecular flexibility index (Phi) is 4.45. The Morgan fingerprint density at radius 2 is 1.68 bits per heavy atom. The lowest BCUT2D eigenvalue weighted by Crippen LogP contribution is -2.45. The number of Topliss-reactive ketones (excluding diaryl/α,β-unsaturated/α-hetero) is 2. The van der Waals surface area contributed by atoms with Crippen molar-refractivity contribution in [3.63, 3.8) is 0 Å². The minimum atomic E-state index is -0.511. The summed E-state index contributed by atoms with van der Waals surface area (Å²) in [5.74, 6) is -0.232. The van der Waals surface area contributed by atoms with E-state index in [-0.39, 0.29) is 28.6 Å². The molecular formula is C17H25NO4. The van der Waals surface area contributed by atoms with Crippen molar-refractivity contribution >= 4 is 17.7 Å². The minimum Gasteiger partial charge on any atom is -0.444 e. The molecule has 1 N–H and O–H groups in total. The zero-order valence-electron chi connectivity index (χ0n) is 13.7. The molecule has 2 rings (SSSR count). The molecule has 122 valence electrons. The highest BCUT2D eigenvalue weighted by atomic mass is 16.6. The van der Waals surface area contributed by atoms with Gasteiger partial charge in [0.05, 0.1) is 5.57 Å². The molecule has 2 aliphatic rings. The lowest BCUT2D eigenvalue weighted by Gasteiger charge is -2.42. The monoisotopic (exact) mass is 307 g/mol. The molecule has 1 spiro atoms. The van der Waals surface area contributed by atoms with Gasteiger partial charge in [0, 0.05) is 18.9 Å². The number of amides is 1. The van der Waals surface area contributed by atoms with E-state index in [0.29, 0.717) is 12.8 Å². The number of ketones is 2. The number of hydrogen-bond donors (Lipinski definition) is 1. The highest BCUT2D eigenvalue weighted by molar-refractivity contribution is 6.21. The molecule has 2 saturated carbocycles. The normalized spacial score (nSPS) is 22.8. The molecule has 22 heavy (non-hydrogen) atoms. The Labute approximate surface area is 131 Å². The van der Waals surface area contributed by atoms with Crippen LogP contribution in [0.5, 0.6) is 0 Å². The predicted octanol–water partition coefficient (Wildman–Crippen LogP) is 2.93. The van der Waals surface area contributed by atoms with Gasteiger partial charge in [0.2, 0.25) is 0 Å². The van der Waals surface area contributed by atoms with Crippen LogP contribution in [-0.2, 0) is 14.3 Å². The number of nitrogens with one attached hydrogen (secondary N) is 1. The quantitative estimate of drug-likeness (QED) is 0.597. The number of allylic oxidation sites excluding steroid dienone is 1. The summed E-state index contributed by atoms with van der Waals surface area (Å²) in [5.41, 5.74) is -0.580. The zero-order chi connectivity index (χ0) is 16.5. The molecule has 0 aromatic heterocycles. The molecule has 5 nitrogen and oxygen atoms in total. The summed E-state index contributed by atoms with van der Waals surface area (Å²) in [4.78, 5) is 35.6. The smallest absolute Gasteiger partial charge is 0.407 e. The van der Waals surface area contributed by atoms with Gasteiger partial charge in [0.25, 0.3) is 0 Å². The maximum absolute atomic E-state index is 11.9. The average molecular weight is 307 g/mol. The van der Waals surface area contributed by atoms with E-state index < -0.39 is 11.7 Å². The molecule has 5 heteroatoms. The second-order valence-corrected chi connectivity index (χ2v) is 7.60. The van der Waals surface area contributed by atoms with Crippen molar-refractivity contribution in [2.45, 2.75) is 70.9 Å². The first-order chi connectivity index (χ1) is 10.1. The highest BCUT2D eigenvalue weighted by Crippen LogP contribution is 2.46. The molecule has 0 bridgehead atoms. The van der Waals surface area contributed by atoms with Gasteiger partial charge in [-0.25, -0.2) is 4.79 Å². The van der Waals surface area contributed by atoms with E-state index in [2.05, 4.69) is 11.9 Å². The average Bonchev–Trinajstić information content (AvgIpc) is 2.37. The van der Waals surface area contributed by atoms with Gasteiger partial charge in [-0.3, -0.25) is 9.59 Å². The summed E-state index contributed by atoms with van der Waals surface area (Å²) in [5, 5.41) is 2.88. The van der Waals surface area contributed by atoms with E-state index in [9.17, 15) is 14.4 Å². The number of ether oxygens (including phenoxy) is 1. The zero-order valence-corrected chi connectivity index (χ0v) is 13.7. The minimum absolute atomic E-state index is 0.0517. The molecule has 0 heterocycles. The van der Waals surface area contributed by atoms with Crippen LogP contribution in [0.15, 0.2) is 12.2 Å². The SMILES string of the molecule is C=C1C(=O)CC2(CCC(NC(=O)OC(C)(C)C)CC2)CC1=O. The molecule has 1 amide bonds. The van der Waals surface area contributed by atoms with Gasteiger partial charge < -0.3 is 10.1 Å². The van der Waals surface area contributed by atoms with Crippen molar-refractivity contribution in [3.05, 3.63) is 12.2 Å². The lowest BCUT2D eigenvalue weighted by molar-refractivity contribution is -0.129. The van der Waals surface area contributed by atoms with Crippen LogP contribution in [0.4, 0.5) is 4.79 Å². The van der Waals surface area contributed by atoms with E-state index in [4.69, 9.17) is 4.74 Å². The maximum atomic E-state index is 11.9. The number of carbonyl (C=O) groups is 3.